The molecule has 0 aliphatic rings. The van der Waals surface area contributed by atoms with E-state index in [1.54, 1.807) is 0 Å². The Labute approximate surface area is 77.8 Å². The second-order valence-corrected chi connectivity index (χ2v) is 3.18. The number of hydrogen-bond acceptors (Lipinski definition) is 5. The Morgan fingerprint density at radius 2 is 1.10 bits per heavy atom. The summed E-state index contributed by atoms with van der Waals surface area (Å²) in [4.78, 5) is 0. The van der Waals surface area contributed by atoms with Crippen LogP contribution in [0.3, 0.4) is 0 Å². The van der Waals surface area contributed by atoms with Crippen LogP contribution in [-0.4, -0.2) is 25.9 Å². The Morgan fingerprint density at radius 1 is 0.900 bits per heavy atom. The fraction of sp³-hybridized carbons (Fsp3) is 0. The molecule has 0 radical (unpaired) electrons. The molecule has 0 aliphatic heterocycles. The Morgan fingerprint density at radius 3 is 1.10 bits per heavy atom. The van der Waals surface area contributed by atoms with E-state index in [1.165, 1.54) is 0 Å². The predicted octanol–water partition coefficient (Wildman–Crippen LogP) is -1.39. The van der Waals surface area contributed by atoms with Crippen molar-refractivity contribution in [1.29, 1.82) is 0 Å². The second-order valence-electron chi connectivity index (χ2n) is 0.924. The average Bonchev–Trinajstić information content (AvgIpc) is 1.14. The van der Waals surface area contributed by atoms with Gasteiger partial charge in [-0.15, -0.1) is 3.63 Å². The standard InChI is InChI=1S/Hg.H2O7S2/c;1-8(2,3)7-9(4,5)6/h;(H,1,2,3)(H,4,5,6). The summed E-state index contributed by atoms with van der Waals surface area (Å²) in [5.74, 6) is 0. The summed E-state index contributed by atoms with van der Waals surface area (Å²) >= 11 is 0. The maximum Gasteiger partial charge on any atom is 0.413 e. The van der Waals surface area contributed by atoms with Gasteiger partial charge >= 0.3 is 20.8 Å². The molecule has 0 aliphatic carbocycles. The maximum absolute atomic E-state index is 9.44. The van der Waals surface area contributed by atoms with Crippen LogP contribution in [-0.2, 0) is 52.1 Å². The van der Waals surface area contributed by atoms with Crippen molar-refractivity contribution in [2.45, 2.75) is 0 Å². The third-order valence-corrected chi connectivity index (χ3v) is 1.55. The van der Waals surface area contributed by atoms with Gasteiger partial charge in [-0.2, -0.15) is 16.8 Å². The van der Waals surface area contributed by atoms with Crippen LogP contribution in [0.1, 0.15) is 0 Å². The van der Waals surface area contributed by atoms with Crippen LogP contribution in [0.25, 0.3) is 0 Å². The Kier molecular flexibility index (Phi) is 5.22. The molecular weight excluding hydrogens is 377 g/mol. The summed E-state index contributed by atoms with van der Waals surface area (Å²) in [7, 11) is -10.2. The van der Waals surface area contributed by atoms with Gasteiger partial charge in [0.1, 0.15) is 0 Å². The molecule has 0 heterocycles. The molecule has 10 heavy (non-hydrogen) atoms. The molecule has 0 amide bonds. The molecule has 0 saturated heterocycles. The van der Waals surface area contributed by atoms with E-state index >= 15 is 0 Å². The Hall–Kier alpha value is 0.715. The van der Waals surface area contributed by atoms with E-state index < -0.39 is 20.8 Å². The summed E-state index contributed by atoms with van der Waals surface area (Å²) < 4.78 is 55.6. The minimum atomic E-state index is -5.12. The van der Waals surface area contributed by atoms with Gasteiger partial charge in [0.15, 0.2) is 0 Å². The molecule has 10 heteroatoms. The first-order chi connectivity index (χ1) is 3.71. The van der Waals surface area contributed by atoms with Crippen LogP contribution in [0.15, 0.2) is 0 Å². The van der Waals surface area contributed by atoms with Crippen LogP contribution in [0.4, 0.5) is 0 Å². The molecule has 0 rings (SSSR count). The molecule has 7 nitrogen and oxygen atoms in total. The van der Waals surface area contributed by atoms with Crippen molar-refractivity contribution < 1.29 is 57.2 Å². The fourth-order valence-corrected chi connectivity index (χ4v) is 0.978. The van der Waals surface area contributed by atoms with Gasteiger partial charge in [-0.05, 0) is 0 Å². The van der Waals surface area contributed by atoms with Crippen molar-refractivity contribution in [3.63, 3.8) is 0 Å². The summed E-state index contributed by atoms with van der Waals surface area (Å²) in [5.41, 5.74) is 0. The normalized spacial score (nSPS) is 12.2. The van der Waals surface area contributed by atoms with Crippen LogP contribution in [0, 0.1) is 0 Å². The summed E-state index contributed by atoms with van der Waals surface area (Å²) in [6, 6.07) is 0. The molecule has 0 saturated carbocycles. The Balaban J connectivity index is 0. The quantitative estimate of drug-likeness (QED) is 0.448. The molecule has 0 unspecified atom stereocenters. The second kappa shape index (κ2) is 3.92. The molecule has 0 spiro atoms. The van der Waals surface area contributed by atoms with E-state index in [0.29, 0.717) is 0 Å². The van der Waals surface area contributed by atoms with E-state index in [1.807, 2.05) is 0 Å². The van der Waals surface area contributed by atoms with Gasteiger partial charge in [-0.1, -0.05) is 0 Å². The predicted molar refractivity (Wildman–Crippen MR) is 24.2 cm³/mol. The van der Waals surface area contributed by atoms with Gasteiger partial charge < -0.3 is 0 Å². The van der Waals surface area contributed by atoms with Gasteiger partial charge in [0.25, 0.3) is 0 Å². The van der Waals surface area contributed by atoms with Crippen LogP contribution in [0.2, 0.25) is 0 Å². The van der Waals surface area contributed by atoms with Crippen molar-refractivity contribution in [1.82, 2.24) is 0 Å². The van der Waals surface area contributed by atoms with Crippen molar-refractivity contribution in [2.75, 3.05) is 0 Å². The first-order valence-electron chi connectivity index (χ1n) is 1.37. The minimum absolute atomic E-state index is 0. The topological polar surface area (TPSA) is 118 Å². The molecule has 58 valence electrons. The maximum atomic E-state index is 9.44. The van der Waals surface area contributed by atoms with E-state index in [-0.39, 0.29) is 27.7 Å². The molecule has 0 bridgehead atoms. The SMILES string of the molecule is O=S(=O)(O)OS(=O)(=O)O.[Hg]. The van der Waals surface area contributed by atoms with Gasteiger partial charge in [0.05, 0.1) is 0 Å². The summed E-state index contributed by atoms with van der Waals surface area (Å²) in [6.07, 6.45) is 0. The molecule has 0 aromatic heterocycles. The van der Waals surface area contributed by atoms with Crippen molar-refractivity contribution >= 4 is 20.8 Å². The van der Waals surface area contributed by atoms with Gasteiger partial charge in [0, 0.05) is 27.7 Å². The van der Waals surface area contributed by atoms with Crippen molar-refractivity contribution in [2.24, 2.45) is 0 Å². The van der Waals surface area contributed by atoms with E-state index in [4.69, 9.17) is 9.11 Å². The molecule has 0 aromatic rings. The first kappa shape index (κ1) is 13.3. The van der Waals surface area contributed by atoms with Crippen LogP contribution < -0.4 is 0 Å². The van der Waals surface area contributed by atoms with Crippen LogP contribution in [0.5, 0.6) is 0 Å². The van der Waals surface area contributed by atoms with Gasteiger partial charge in [-0.3, -0.25) is 9.11 Å². The summed E-state index contributed by atoms with van der Waals surface area (Å²) in [5, 5.41) is 0. The Bertz CT molecular complexity index is 237. The molecule has 0 aromatic carbocycles. The molecule has 0 atom stereocenters. The van der Waals surface area contributed by atoms with Crippen molar-refractivity contribution in [3.05, 3.63) is 0 Å². The van der Waals surface area contributed by atoms with E-state index in [2.05, 4.69) is 3.63 Å². The largest absolute Gasteiger partial charge is 0.413 e. The zero-order valence-corrected chi connectivity index (χ0v) is 11.6. The van der Waals surface area contributed by atoms with Gasteiger partial charge in [-0.25, -0.2) is 0 Å². The summed E-state index contributed by atoms with van der Waals surface area (Å²) in [6.45, 7) is 0. The number of rotatable bonds is 2. The average molecular weight is 379 g/mol. The smallest absolute Gasteiger partial charge is 0.263 e. The van der Waals surface area contributed by atoms with E-state index in [0.717, 1.165) is 0 Å². The molecular formula is H2HgO7S2. The monoisotopic (exact) mass is 380 g/mol. The molecule has 0 fully saturated rings. The molecule has 2 N–H and O–H groups in total. The van der Waals surface area contributed by atoms with E-state index in [9.17, 15) is 16.8 Å². The first-order valence-corrected chi connectivity index (χ1v) is 4.10. The van der Waals surface area contributed by atoms with Gasteiger partial charge in [0.2, 0.25) is 0 Å². The zero-order valence-electron chi connectivity index (χ0n) is 4.46. The third-order valence-electron chi connectivity index (χ3n) is 0.172. The minimum Gasteiger partial charge on any atom is -0.263 e. The number of hydrogen-bond donors (Lipinski definition) is 2. The fourth-order valence-electron chi connectivity index (χ4n) is 0.109. The van der Waals surface area contributed by atoms with Crippen molar-refractivity contribution in [3.8, 4) is 0 Å². The third kappa shape index (κ3) is 11.5. The van der Waals surface area contributed by atoms with Crippen LogP contribution >= 0.6 is 0 Å². The zero-order chi connectivity index (χ0) is 7.71.